The molecule has 1 aromatic rings. The molecule has 1 aliphatic heterocycles. The molecule has 6 heteroatoms. The smallest absolute Gasteiger partial charge is 0.416 e. The van der Waals surface area contributed by atoms with Gasteiger partial charge in [0.1, 0.15) is 5.75 Å². The summed E-state index contributed by atoms with van der Waals surface area (Å²) < 4.78 is 42.6. The molecular formula is C16H18F3NO2. The molecule has 0 N–H and O–H groups in total. The number of amides is 1. The molecule has 1 aliphatic carbocycles. The standard InChI is InChI=1S/C16H18F3NO2/c1-15(2)12-7-20(8-13(12)15)14(21)9-22-11-5-3-10(4-6-11)16(17,18)19/h3-6,12-13H,7-9H2,1-2H3. The maximum absolute atomic E-state index is 12.4. The average Bonchev–Trinajstić information content (AvgIpc) is 2.81. The fraction of sp³-hybridized carbons (Fsp3) is 0.562. The minimum atomic E-state index is -4.36. The average molecular weight is 313 g/mol. The Kier molecular flexibility index (Phi) is 3.38. The van der Waals surface area contributed by atoms with Crippen LogP contribution in [-0.2, 0) is 11.0 Å². The molecule has 1 heterocycles. The van der Waals surface area contributed by atoms with Crippen molar-refractivity contribution in [3.63, 3.8) is 0 Å². The number of benzene rings is 1. The number of hydrogen-bond acceptors (Lipinski definition) is 2. The van der Waals surface area contributed by atoms with E-state index in [1.54, 1.807) is 4.90 Å². The van der Waals surface area contributed by atoms with Crippen LogP contribution < -0.4 is 4.74 Å². The quantitative estimate of drug-likeness (QED) is 0.857. The summed E-state index contributed by atoms with van der Waals surface area (Å²) in [7, 11) is 0. The number of ether oxygens (including phenoxy) is 1. The van der Waals surface area contributed by atoms with Gasteiger partial charge >= 0.3 is 6.18 Å². The van der Waals surface area contributed by atoms with E-state index in [9.17, 15) is 18.0 Å². The zero-order valence-electron chi connectivity index (χ0n) is 12.5. The van der Waals surface area contributed by atoms with Crippen LogP contribution >= 0.6 is 0 Å². The highest BCUT2D eigenvalue weighted by Gasteiger charge is 2.62. The zero-order valence-corrected chi connectivity index (χ0v) is 12.5. The Bertz CT molecular complexity index is 566. The van der Waals surface area contributed by atoms with Crippen molar-refractivity contribution in [2.45, 2.75) is 20.0 Å². The number of rotatable bonds is 3. The van der Waals surface area contributed by atoms with E-state index in [1.807, 2.05) is 0 Å². The molecule has 2 aliphatic rings. The maximum Gasteiger partial charge on any atom is 0.416 e. The number of nitrogens with zero attached hydrogens (tertiary/aromatic N) is 1. The molecule has 1 amide bonds. The first kappa shape index (κ1) is 15.2. The summed E-state index contributed by atoms with van der Waals surface area (Å²) in [6.45, 7) is 5.80. The Balaban J connectivity index is 1.50. The summed E-state index contributed by atoms with van der Waals surface area (Å²) in [5.74, 6) is 1.30. The van der Waals surface area contributed by atoms with Gasteiger partial charge in [0, 0.05) is 13.1 Å². The van der Waals surface area contributed by atoms with Gasteiger partial charge < -0.3 is 9.64 Å². The summed E-state index contributed by atoms with van der Waals surface area (Å²) in [4.78, 5) is 13.8. The molecule has 1 aromatic carbocycles. The number of hydrogen-bond donors (Lipinski definition) is 0. The van der Waals surface area contributed by atoms with E-state index in [0.717, 1.165) is 25.2 Å². The molecular weight excluding hydrogens is 295 g/mol. The van der Waals surface area contributed by atoms with Gasteiger partial charge in [0.05, 0.1) is 5.56 Å². The molecule has 1 saturated heterocycles. The lowest BCUT2D eigenvalue weighted by Gasteiger charge is -2.22. The second-order valence-electron chi connectivity index (χ2n) is 6.64. The molecule has 0 spiro atoms. The first-order valence-corrected chi connectivity index (χ1v) is 7.27. The number of alkyl halides is 3. The molecule has 120 valence electrons. The van der Waals surface area contributed by atoms with Crippen molar-refractivity contribution >= 4 is 5.91 Å². The van der Waals surface area contributed by atoms with Crippen LogP contribution in [0.25, 0.3) is 0 Å². The lowest BCUT2D eigenvalue weighted by atomic mass is 10.1. The van der Waals surface area contributed by atoms with Gasteiger partial charge in [-0.25, -0.2) is 0 Å². The predicted molar refractivity (Wildman–Crippen MR) is 74.3 cm³/mol. The molecule has 0 bridgehead atoms. The van der Waals surface area contributed by atoms with Crippen molar-refractivity contribution in [1.82, 2.24) is 4.90 Å². The Labute approximate surface area is 127 Å². The van der Waals surface area contributed by atoms with E-state index in [-0.39, 0.29) is 18.3 Å². The Morgan fingerprint density at radius 3 is 2.27 bits per heavy atom. The van der Waals surface area contributed by atoms with Crippen LogP contribution in [0.2, 0.25) is 0 Å². The van der Waals surface area contributed by atoms with Crippen LogP contribution in [-0.4, -0.2) is 30.5 Å². The van der Waals surface area contributed by atoms with E-state index in [2.05, 4.69) is 13.8 Å². The van der Waals surface area contributed by atoms with E-state index in [1.165, 1.54) is 12.1 Å². The minimum absolute atomic E-state index is 0.108. The Morgan fingerprint density at radius 2 is 1.77 bits per heavy atom. The monoisotopic (exact) mass is 313 g/mol. The maximum atomic E-state index is 12.4. The normalized spacial score (nSPS) is 25.8. The third-order valence-electron chi connectivity index (χ3n) is 5.02. The second kappa shape index (κ2) is 4.89. The molecule has 3 rings (SSSR count). The topological polar surface area (TPSA) is 29.5 Å². The number of piperidine rings is 1. The minimum Gasteiger partial charge on any atom is -0.484 e. The van der Waals surface area contributed by atoms with E-state index < -0.39 is 11.7 Å². The van der Waals surface area contributed by atoms with Crippen molar-refractivity contribution in [2.75, 3.05) is 19.7 Å². The summed E-state index contributed by atoms with van der Waals surface area (Å²) >= 11 is 0. The Morgan fingerprint density at radius 1 is 1.23 bits per heavy atom. The fourth-order valence-corrected chi connectivity index (χ4v) is 3.31. The van der Waals surface area contributed by atoms with Gasteiger partial charge in [0.25, 0.3) is 5.91 Å². The molecule has 3 nitrogen and oxygen atoms in total. The van der Waals surface area contributed by atoms with E-state index in [4.69, 9.17) is 4.74 Å². The van der Waals surface area contributed by atoms with Gasteiger partial charge in [-0.2, -0.15) is 13.2 Å². The van der Waals surface area contributed by atoms with Crippen LogP contribution in [0.15, 0.2) is 24.3 Å². The largest absolute Gasteiger partial charge is 0.484 e. The van der Waals surface area contributed by atoms with Crippen LogP contribution in [0.1, 0.15) is 19.4 Å². The van der Waals surface area contributed by atoms with Crippen LogP contribution in [0, 0.1) is 17.3 Å². The first-order chi connectivity index (χ1) is 10.2. The molecule has 1 saturated carbocycles. The molecule has 0 radical (unpaired) electrons. The SMILES string of the molecule is CC1(C)C2CN(C(=O)COc3ccc(C(F)(F)F)cc3)CC21. The number of carbonyl (C=O) groups is 1. The van der Waals surface area contributed by atoms with Gasteiger partial charge in [-0.15, -0.1) is 0 Å². The van der Waals surface area contributed by atoms with E-state index in [0.29, 0.717) is 17.3 Å². The fourth-order valence-electron chi connectivity index (χ4n) is 3.31. The number of carbonyl (C=O) groups excluding carboxylic acids is 1. The lowest BCUT2D eigenvalue weighted by Crippen LogP contribution is -2.36. The van der Waals surface area contributed by atoms with Gasteiger partial charge in [0.15, 0.2) is 6.61 Å². The molecule has 22 heavy (non-hydrogen) atoms. The second-order valence-corrected chi connectivity index (χ2v) is 6.64. The number of fused-ring (bicyclic) bond motifs is 1. The molecule has 0 aromatic heterocycles. The lowest BCUT2D eigenvalue weighted by molar-refractivity contribution is -0.137. The van der Waals surface area contributed by atoms with Crippen molar-refractivity contribution < 1.29 is 22.7 Å². The summed E-state index contributed by atoms with van der Waals surface area (Å²) in [6, 6.07) is 4.38. The number of likely N-dealkylation sites (tertiary alicyclic amines) is 1. The van der Waals surface area contributed by atoms with Crippen LogP contribution in [0.3, 0.4) is 0 Å². The molecule has 2 unspecified atom stereocenters. The third-order valence-corrected chi connectivity index (χ3v) is 5.02. The summed E-state index contributed by atoms with van der Waals surface area (Å²) in [5.41, 5.74) is -0.390. The molecule has 2 atom stereocenters. The van der Waals surface area contributed by atoms with Crippen molar-refractivity contribution in [3.05, 3.63) is 29.8 Å². The van der Waals surface area contributed by atoms with Gasteiger partial charge in [0.2, 0.25) is 0 Å². The summed E-state index contributed by atoms with van der Waals surface area (Å²) in [5, 5.41) is 0. The highest BCUT2D eigenvalue weighted by molar-refractivity contribution is 5.78. The van der Waals surface area contributed by atoms with Gasteiger partial charge in [-0.05, 0) is 41.5 Å². The van der Waals surface area contributed by atoms with Crippen LogP contribution in [0.5, 0.6) is 5.75 Å². The van der Waals surface area contributed by atoms with Crippen molar-refractivity contribution in [1.29, 1.82) is 0 Å². The van der Waals surface area contributed by atoms with E-state index >= 15 is 0 Å². The predicted octanol–water partition coefficient (Wildman–Crippen LogP) is 3.20. The third kappa shape index (κ3) is 2.66. The van der Waals surface area contributed by atoms with Gasteiger partial charge in [-0.3, -0.25) is 4.79 Å². The Hall–Kier alpha value is -1.72. The highest BCUT2D eigenvalue weighted by Crippen LogP contribution is 2.61. The van der Waals surface area contributed by atoms with Crippen molar-refractivity contribution in [2.24, 2.45) is 17.3 Å². The van der Waals surface area contributed by atoms with Crippen LogP contribution in [0.4, 0.5) is 13.2 Å². The first-order valence-electron chi connectivity index (χ1n) is 7.27. The highest BCUT2D eigenvalue weighted by atomic mass is 19.4. The van der Waals surface area contributed by atoms with Gasteiger partial charge in [-0.1, -0.05) is 13.8 Å². The molecule has 2 fully saturated rings. The number of halogens is 3. The van der Waals surface area contributed by atoms with Crippen molar-refractivity contribution in [3.8, 4) is 5.75 Å². The zero-order chi connectivity index (χ0) is 16.1. The summed E-state index contributed by atoms with van der Waals surface area (Å²) in [6.07, 6.45) is -4.36.